The van der Waals surface area contributed by atoms with Crippen molar-refractivity contribution < 1.29 is 22.7 Å². The third kappa shape index (κ3) is 5.12. The number of nitrogens with one attached hydrogen (secondary N) is 1. The fraction of sp³-hybridized carbons (Fsp3) is 0.333. The van der Waals surface area contributed by atoms with Gasteiger partial charge in [0, 0.05) is 31.0 Å². The van der Waals surface area contributed by atoms with Crippen molar-refractivity contribution in [2.24, 2.45) is 0 Å². The van der Waals surface area contributed by atoms with E-state index in [4.69, 9.17) is 4.74 Å². The lowest BCUT2D eigenvalue weighted by Crippen LogP contribution is -2.24. The first kappa shape index (κ1) is 21.9. The molecule has 0 atom stereocenters. The molecule has 1 aliphatic rings. The molecule has 8 heteroatoms. The van der Waals surface area contributed by atoms with Crippen molar-refractivity contribution in [1.29, 1.82) is 0 Å². The Morgan fingerprint density at radius 1 is 1.16 bits per heavy atom. The first-order valence-electron chi connectivity index (χ1n) is 10.5. The van der Waals surface area contributed by atoms with Gasteiger partial charge in [0.05, 0.1) is 24.1 Å². The number of hydrogen-bond acceptors (Lipinski definition) is 3. The number of hydrogen-bond donors (Lipinski definition) is 1. The number of methoxy groups -OCH3 is 1. The number of ether oxygens (including phenoxy) is 1. The highest BCUT2D eigenvalue weighted by atomic mass is 19.4. The molecule has 1 fully saturated rings. The van der Waals surface area contributed by atoms with Crippen LogP contribution in [-0.2, 0) is 23.9 Å². The summed E-state index contributed by atoms with van der Waals surface area (Å²) in [6.45, 7) is -0.165. The predicted molar refractivity (Wildman–Crippen MR) is 114 cm³/mol. The number of rotatable bonds is 8. The largest absolute Gasteiger partial charge is 0.497 e. The average Bonchev–Trinajstić information content (AvgIpc) is 3.55. The summed E-state index contributed by atoms with van der Waals surface area (Å²) in [7, 11) is 1.61. The lowest BCUT2D eigenvalue weighted by Gasteiger charge is -2.13. The van der Waals surface area contributed by atoms with E-state index in [1.807, 2.05) is 35.0 Å². The van der Waals surface area contributed by atoms with E-state index in [0.29, 0.717) is 12.3 Å². The third-order valence-corrected chi connectivity index (χ3v) is 5.51. The van der Waals surface area contributed by atoms with Gasteiger partial charge in [-0.1, -0.05) is 18.2 Å². The van der Waals surface area contributed by atoms with E-state index in [-0.39, 0.29) is 24.4 Å². The SMILES string of the molecule is COc1ccc(-n2nc(CCC(=O)NCc3ccccc3C(F)(F)F)cc2C2CC2)cc1. The first-order chi connectivity index (χ1) is 15.3. The van der Waals surface area contributed by atoms with Crippen LogP contribution in [0.25, 0.3) is 5.69 Å². The van der Waals surface area contributed by atoms with E-state index in [2.05, 4.69) is 10.4 Å². The molecule has 0 bridgehead atoms. The van der Waals surface area contributed by atoms with Gasteiger partial charge in [0.15, 0.2) is 0 Å². The van der Waals surface area contributed by atoms with Gasteiger partial charge in [-0.25, -0.2) is 4.68 Å². The molecule has 1 amide bonds. The number of benzene rings is 2. The quantitative estimate of drug-likeness (QED) is 0.532. The molecule has 168 valence electrons. The molecule has 32 heavy (non-hydrogen) atoms. The molecule has 0 aliphatic heterocycles. The maximum absolute atomic E-state index is 13.1. The normalized spacial score (nSPS) is 13.8. The number of aryl methyl sites for hydroxylation is 1. The zero-order valence-electron chi connectivity index (χ0n) is 17.7. The molecule has 0 unspecified atom stereocenters. The zero-order valence-corrected chi connectivity index (χ0v) is 17.7. The molecule has 0 saturated heterocycles. The monoisotopic (exact) mass is 443 g/mol. The number of aromatic nitrogens is 2. The van der Waals surface area contributed by atoms with Crippen molar-refractivity contribution in [3.05, 3.63) is 77.1 Å². The second kappa shape index (κ2) is 9.06. The summed E-state index contributed by atoms with van der Waals surface area (Å²) in [5.74, 6) is 0.915. The molecule has 5 nitrogen and oxygen atoms in total. The van der Waals surface area contributed by atoms with Gasteiger partial charge in [-0.2, -0.15) is 18.3 Å². The van der Waals surface area contributed by atoms with E-state index in [1.165, 1.54) is 18.2 Å². The van der Waals surface area contributed by atoms with Crippen molar-refractivity contribution in [3.8, 4) is 11.4 Å². The maximum atomic E-state index is 13.1. The van der Waals surface area contributed by atoms with E-state index in [9.17, 15) is 18.0 Å². The third-order valence-electron chi connectivity index (χ3n) is 5.51. The van der Waals surface area contributed by atoms with Gasteiger partial charge in [0.1, 0.15) is 5.75 Å². The summed E-state index contributed by atoms with van der Waals surface area (Å²) in [4.78, 5) is 12.3. The maximum Gasteiger partial charge on any atom is 0.416 e. The summed E-state index contributed by atoms with van der Waals surface area (Å²) in [5, 5.41) is 7.28. The molecule has 0 spiro atoms. The van der Waals surface area contributed by atoms with Crippen LogP contribution in [0, 0.1) is 0 Å². The van der Waals surface area contributed by atoms with Crippen LogP contribution in [-0.4, -0.2) is 22.8 Å². The number of carbonyl (C=O) groups excluding carboxylic acids is 1. The Bertz CT molecular complexity index is 1090. The van der Waals surface area contributed by atoms with Crippen LogP contribution in [0.15, 0.2) is 54.6 Å². The van der Waals surface area contributed by atoms with Crippen molar-refractivity contribution in [2.45, 2.75) is 44.3 Å². The van der Waals surface area contributed by atoms with Crippen molar-refractivity contribution in [2.75, 3.05) is 7.11 Å². The molecule has 1 N–H and O–H groups in total. The highest BCUT2D eigenvalue weighted by Crippen LogP contribution is 2.41. The lowest BCUT2D eigenvalue weighted by atomic mass is 10.1. The number of alkyl halides is 3. The smallest absolute Gasteiger partial charge is 0.416 e. The molecule has 2 aromatic carbocycles. The minimum absolute atomic E-state index is 0.0492. The standard InChI is InChI=1S/C24H24F3N3O2/c1-32-20-11-9-19(10-12-20)30-22(16-6-7-16)14-18(29-30)8-13-23(31)28-15-17-4-2-3-5-21(17)24(25,26)27/h2-5,9-12,14,16H,6-8,13,15H2,1H3,(H,28,31). The predicted octanol–water partition coefficient (Wildman–Crippen LogP) is 5.03. The van der Waals surface area contributed by atoms with Gasteiger partial charge < -0.3 is 10.1 Å². The highest BCUT2D eigenvalue weighted by molar-refractivity contribution is 5.76. The van der Waals surface area contributed by atoms with E-state index in [1.54, 1.807) is 7.11 Å². The average molecular weight is 443 g/mol. The molecule has 1 heterocycles. The zero-order chi connectivity index (χ0) is 22.7. The summed E-state index contributed by atoms with van der Waals surface area (Å²) < 4.78 is 46.4. The van der Waals surface area contributed by atoms with Crippen LogP contribution in [0.4, 0.5) is 13.2 Å². The molecular weight excluding hydrogens is 419 g/mol. The number of carbonyl (C=O) groups is 1. The Hall–Kier alpha value is -3.29. The van der Waals surface area contributed by atoms with Crippen LogP contribution in [0.2, 0.25) is 0 Å². The van der Waals surface area contributed by atoms with Crippen molar-refractivity contribution >= 4 is 5.91 Å². The Morgan fingerprint density at radius 3 is 2.53 bits per heavy atom. The molecular formula is C24H24F3N3O2. The molecule has 1 aromatic heterocycles. The van der Waals surface area contributed by atoms with E-state index >= 15 is 0 Å². The van der Waals surface area contributed by atoms with E-state index < -0.39 is 11.7 Å². The molecule has 0 radical (unpaired) electrons. The second-order valence-corrected chi connectivity index (χ2v) is 7.88. The number of halogens is 3. The minimum atomic E-state index is -4.45. The molecule has 1 aliphatic carbocycles. The minimum Gasteiger partial charge on any atom is -0.497 e. The lowest BCUT2D eigenvalue weighted by molar-refractivity contribution is -0.138. The topological polar surface area (TPSA) is 56.2 Å². The fourth-order valence-electron chi connectivity index (χ4n) is 3.64. The van der Waals surface area contributed by atoms with Crippen molar-refractivity contribution in [1.82, 2.24) is 15.1 Å². The van der Waals surface area contributed by atoms with Crippen LogP contribution in [0.1, 0.15) is 47.7 Å². The molecule has 1 saturated carbocycles. The summed E-state index contributed by atoms with van der Waals surface area (Å²) >= 11 is 0. The summed E-state index contributed by atoms with van der Waals surface area (Å²) in [5.41, 5.74) is 2.14. The van der Waals surface area contributed by atoms with Gasteiger partial charge in [0.25, 0.3) is 0 Å². The van der Waals surface area contributed by atoms with Gasteiger partial charge >= 0.3 is 6.18 Å². The van der Waals surface area contributed by atoms with E-state index in [0.717, 1.165) is 41.7 Å². The first-order valence-corrected chi connectivity index (χ1v) is 10.5. The van der Waals surface area contributed by atoms with Gasteiger partial charge in [-0.05, 0) is 54.8 Å². The Morgan fingerprint density at radius 2 is 1.88 bits per heavy atom. The molecule has 3 aromatic rings. The van der Waals surface area contributed by atoms with Gasteiger partial charge in [0.2, 0.25) is 5.91 Å². The summed E-state index contributed by atoms with van der Waals surface area (Å²) in [6.07, 6.45) is -1.66. The van der Waals surface area contributed by atoms with Crippen LogP contribution >= 0.6 is 0 Å². The van der Waals surface area contributed by atoms with Crippen LogP contribution < -0.4 is 10.1 Å². The Kier molecular flexibility index (Phi) is 6.21. The van der Waals surface area contributed by atoms with Gasteiger partial charge in [-0.3, -0.25) is 4.79 Å². The number of amides is 1. The van der Waals surface area contributed by atoms with Crippen LogP contribution in [0.3, 0.4) is 0 Å². The fourth-order valence-corrected chi connectivity index (χ4v) is 3.64. The summed E-state index contributed by atoms with van der Waals surface area (Å²) in [6, 6.07) is 14.9. The Labute approximate surface area is 184 Å². The highest BCUT2D eigenvalue weighted by Gasteiger charge is 2.33. The van der Waals surface area contributed by atoms with Gasteiger partial charge in [-0.15, -0.1) is 0 Å². The Balaban J connectivity index is 1.39. The second-order valence-electron chi connectivity index (χ2n) is 7.88. The van der Waals surface area contributed by atoms with Crippen LogP contribution in [0.5, 0.6) is 5.75 Å². The number of nitrogens with zero attached hydrogens (tertiary/aromatic N) is 2. The molecule has 4 rings (SSSR count). The van der Waals surface area contributed by atoms with Crippen molar-refractivity contribution in [3.63, 3.8) is 0 Å².